The smallest absolute Gasteiger partial charge is 0.0640 e. The zero-order chi connectivity index (χ0) is 13.5. The van der Waals surface area contributed by atoms with Crippen LogP contribution in [0.3, 0.4) is 0 Å². The second kappa shape index (κ2) is 6.82. The van der Waals surface area contributed by atoms with E-state index in [4.69, 9.17) is 16.9 Å². The van der Waals surface area contributed by atoms with Crippen LogP contribution in [0.15, 0.2) is 54.6 Å². The lowest BCUT2D eigenvalue weighted by Gasteiger charge is -2.24. The lowest BCUT2D eigenvalue weighted by Crippen LogP contribution is -2.23. The molecule has 0 aliphatic heterocycles. The van der Waals surface area contributed by atoms with Crippen LogP contribution >= 0.6 is 11.6 Å². The lowest BCUT2D eigenvalue weighted by atomic mass is 10.2. The molecule has 2 nitrogen and oxygen atoms in total. The van der Waals surface area contributed by atoms with Crippen LogP contribution in [-0.4, -0.2) is 6.54 Å². The van der Waals surface area contributed by atoms with Crippen molar-refractivity contribution in [1.29, 1.82) is 5.26 Å². The minimum atomic E-state index is 0.509. The standard InChI is InChI=1S/C16H15ClN2/c17-15-7-4-6-14(12-15)13-19(11-5-10-18)16-8-2-1-3-9-16/h1-4,6-9,12H,5,11,13H2. The predicted octanol–water partition coefficient (Wildman–Crippen LogP) is 4.26. The Labute approximate surface area is 118 Å². The first-order chi connectivity index (χ1) is 9.29. The quantitative estimate of drug-likeness (QED) is 0.812. The summed E-state index contributed by atoms with van der Waals surface area (Å²) < 4.78 is 0. The van der Waals surface area contributed by atoms with Gasteiger partial charge in [-0.25, -0.2) is 0 Å². The van der Waals surface area contributed by atoms with Gasteiger partial charge in [-0.1, -0.05) is 41.9 Å². The third kappa shape index (κ3) is 4.01. The van der Waals surface area contributed by atoms with E-state index in [1.165, 1.54) is 0 Å². The maximum atomic E-state index is 8.77. The van der Waals surface area contributed by atoms with E-state index in [2.05, 4.69) is 23.1 Å². The van der Waals surface area contributed by atoms with Gasteiger partial charge in [-0.2, -0.15) is 5.26 Å². The van der Waals surface area contributed by atoms with Gasteiger partial charge in [-0.05, 0) is 29.8 Å². The monoisotopic (exact) mass is 270 g/mol. The van der Waals surface area contributed by atoms with Crippen molar-refractivity contribution in [2.75, 3.05) is 11.4 Å². The molecule has 0 N–H and O–H groups in total. The molecule has 3 heteroatoms. The molecule has 0 aliphatic carbocycles. The fourth-order valence-electron chi connectivity index (χ4n) is 1.98. The Morgan fingerprint density at radius 2 is 1.84 bits per heavy atom. The molecule has 0 aliphatic rings. The van der Waals surface area contributed by atoms with E-state index >= 15 is 0 Å². The molecule has 19 heavy (non-hydrogen) atoms. The number of hydrogen-bond acceptors (Lipinski definition) is 2. The Bertz CT molecular complexity index is 560. The largest absolute Gasteiger partial charge is 0.366 e. The Morgan fingerprint density at radius 3 is 2.53 bits per heavy atom. The Hall–Kier alpha value is -1.98. The van der Waals surface area contributed by atoms with Gasteiger partial charge in [0, 0.05) is 23.8 Å². The van der Waals surface area contributed by atoms with Crippen LogP contribution < -0.4 is 4.90 Å². The summed E-state index contributed by atoms with van der Waals surface area (Å²) >= 11 is 6.01. The lowest BCUT2D eigenvalue weighted by molar-refractivity contribution is 0.798. The summed E-state index contributed by atoms with van der Waals surface area (Å²) in [5, 5.41) is 9.52. The molecule has 2 rings (SSSR count). The van der Waals surface area contributed by atoms with Gasteiger partial charge in [-0.15, -0.1) is 0 Å². The summed E-state index contributed by atoms with van der Waals surface area (Å²) in [6, 6.07) is 20.1. The molecule has 0 aromatic heterocycles. The maximum absolute atomic E-state index is 8.77. The van der Waals surface area contributed by atoms with Gasteiger partial charge in [0.1, 0.15) is 0 Å². The van der Waals surface area contributed by atoms with E-state index in [1.807, 2.05) is 42.5 Å². The van der Waals surface area contributed by atoms with Crippen molar-refractivity contribution in [3.05, 3.63) is 65.2 Å². The molecule has 0 unspecified atom stereocenters. The SMILES string of the molecule is N#CCCN(Cc1cccc(Cl)c1)c1ccccc1. The fourth-order valence-corrected chi connectivity index (χ4v) is 2.19. The summed E-state index contributed by atoms with van der Waals surface area (Å²) in [5.74, 6) is 0. The number of benzene rings is 2. The molecule has 96 valence electrons. The Balaban J connectivity index is 2.17. The second-order valence-electron chi connectivity index (χ2n) is 4.30. The van der Waals surface area contributed by atoms with Crippen molar-refractivity contribution in [3.63, 3.8) is 0 Å². The molecule has 0 amide bonds. The molecule has 2 aromatic rings. The zero-order valence-corrected chi connectivity index (χ0v) is 11.3. The summed E-state index contributed by atoms with van der Waals surface area (Å²) in [6.45, 7) is 1.47. The highest BCUT2D eigenvalue weighted by molar-refractivity contribution is 6.30. The maximum Gasteiger partial charge on any atom is 0.0640 e. The highest BCUT2D eigenvalue weighted by atomic mass is 35.5. The molecular formula is C16H15ClN2. The van der Waals surface area contributed by atoms with Crippen molar-refractivity contribution in [1.82, 2.24) is 0 Å². The Kier molecular flexibility index (Phi) is 4.83. The van der Waals surface area contributed by atoms with Gasteiger partial charge in [-0.3, -0.25) is 0 Å². The van der Waals surface area contributed by atoms with Gasteiger partial charge in [0.15, 0.2) is 0 Å². The van der Waals surface area contributed by atoms with Gasteiger partial charge in [0.2, 0.25) is 0 Å². The topological polar surface area (TPSA) is 27.0 Å². The fraction of sp³-hybridized carbons (Fsp3) is 0.188. The number of halogens is 1. The van der Waals surface area contributed by atoms with E-state index in [-0.39, 0.29) is 0 Å². The van der Waals surface area contributed by atoms with Gasteiger partial charge >= 0.3 is 0 Å². The molecule has 0 radical (unpaired) electrons. The van der Waals surface area contributed by atoms with Crippen LogP contribution in [0.4, 0.5) is 5.69 Å². The molecule has 2 aromatic carbocycles. The molecule has 0 heterocycles. The van der Waals surface area contributed by atoms with Crippen molar-refractivity contribution >= 4 is 17.3 Å². The third-order valence-corrected chi connectivity index (χ3v) is 3.11. The van der Waals surface area contributed by atoms with Crippen LogP contribution in [0.1, 0.15) is 12.0 Å². The molecule has 0 saturated carbocycles. The van der Waals surface area contributed by atoms with Crippen LogP contribution in [0.5, 0.6) is 0 Å². The van der Waals surface area contributed by atoms with E-state index in [1.54, 1.807) is 0 Å². The molecule has 0 bridgehead atoms. The Morgan fingerprint density at radius 1 is 1.05 bits per heavy atom. The highest BCUT2D eigenvalue weighted by Gasteiger charge is 2.07. The minimum absolute atomic E-state index is 0.509. The van der Waals surface area contributed by atoms with E-state index < -0.39 is 0 Å². The second-order valence-corrected chi connectivity index (χ2v) is 4.73. The number of anilines is 1. The summed E-state index contributed by atoms with van der Waals surface area (Å²) in [7, 11) is 0. The number of hydrogen-bond donors (Lipinski definition) is 0. The first-order valence-electron chi connectivity index (χ1n) is 6.21. The molecule has 0 fully saturated rings. The molecule has 0 atom stereocenters. The van der Waals surface area contributed by atoms with Crippen molar-refractivity contribution < 1.29 is 0 Å². The number of rotatable bonds is 5. The summed E-state index contributed by atoms with van der Waals surface area (Å²) in [4.78, 5) is 2.19. The minimum Gasteiger partial charge on any atom is -0.366 e. The van der Waals surface area contributed by atoms with Crippen LogP contribution in [0, 0.1) is 11.3 Å². The first-order valence-corrected chi connectivity index (χ1v) is 6.59. The third-order valence-electron chi connectivity index (χ3n) is 2.88. The van der Waals surface area contributed by atoms with Crippen LogP contribution in [0.2, 0.25) is 5.02 Å². The number of nitriles is 1. The van der Waals surface area contributed by atoms with Gasteiger partial charge in [0.05, 0.1) is 12.5 Å². The van der Waals surface area contributed by atoms with E-state index in [0.717, 1.165) is 22.8 Å². The highest BCUT2D eigenvalue weighted by Crippen LogP contribution is 2.19. The zero-order valence-electron chi connectivity index (χ0n) is 10.6. The average Bonchev–Trinajstić information content (AvgIpc) is 2.44. The van der Waals surface area contributed by atoms with Crippen molar-refractivity contribution in [3.8, 4) is 6.07 Å². The molecule has 0 spiro atoms. The summed E-state index contributed by atoms with van der Waals surface area (Å²) in [6.07, 6.45) is 0.509. The van der Waals surface area contributed by atoms with Crippen molar-refractivity contribution in [2.45, 2.75) is 13.0 Å². The van der Waals surface area contributed by atoms with E-state index in [9.17, 15) is 0 Å². The van der Waals surface area contributed by atoms with Gasteiger partial charge in [0.25, 0.3) is 0 Å². The molecule has 0 saturated heterocycles. The predicted molar refractivity (Wildman–Crippen MR) is 79.2 cm³/mol. The average molecular weight is 271 g/mol. The van der Waals surface area contributed by atoms with Gasteiger partial charge < -0.3 is 4.90 Å². The normalized spacial score (nSPS) is 9.89. The van der Waals surface area contributed by atoms with Crippen LogP contribution in [-0.2, 0) is 6.54 Å². The number of nitrogens with zero attached hydrogens (tertiary/aromatic N) is 2. The molecular weight excluding hydrogens is 256 g/mol. The van der Waals surface area contributed by atoms with Crippen molar-refractivity contribution in [2.24, 2.45) is 0 Å². The first kappa shape index (κ1) is 13.5. The number of para-hydroxylation sites is 1. The summed E-state index contributed by atoms with van der Waals surface area (Å²) in [5.41, 5.74) is 2.27. The van der Waals surface area contributed by atoms with Crippen LogP contribution in [0.25, 0.3) is 0 Å². The van der Waals surface area contributed by atoms with E-state index in [0.29, 0.717) is 13.0 Å².